The molecular weight excluding hydrogens is 392 g/mol. The summed E-state index contributed by atoms with van der Waals surface area (Å²) >= 11 is 0. The molecule has 0 radical (unpaired) electrons. The van der Waals surface area contributed by atoms with Crippen LogP contribution in [0, 0.1) is 6.92 Å². The Labute approximate surface area is 178 Å². The average Bonchev–Trinajstić information content (AvgIpc) is 3.07. The van der Waals surface area contributed by atoms with E-state index in [2.05, 4.69) is 4.98 Å². The molecule has 0 saturated carbocycles. The molecule has 154 valence electrons. The van der Waals surface area contributed by atoms with Crippen molar-refractivity contribution < 1.29 is 13.9 Å². The molecule has 0 fully saturated rings. The first-order valence-electron chi connectivity index (χ1n) is 9.98. The van der Waals surface area contributed by atoms with Crippen molar-refractivity contribution in [1.29, 1.82) is 0 Å². The number of amides is 1. The second kappa shape index (κ2) is 7.40. The molecule has 0 spiro atoms. The average molecular weight is 412 g/mol. The lowest BCUT2D eigenvalue weighted by molar-refractivity contribution is 0.0714. The molecule has 0 unspecified atom stereocenters. The van der Waals surface area contributed by atoms with E-state index in [1.165, 1.54) is 0 Å². The fourth-order valence-electron chi connectivity index (χ4n) is 4.14. The number of ether oxygens (including phenoxy) is 1. The fraction of sp³-hybridized carbons (Fsp3) is 0.160. The molecule has 31 heavy (non-hydrogen) atoms. The van der Waals surface area contributed by atoms with Gasteiger partial charge in [0.25, 0.3) is 5.91 Å². The van der Waals surface area contributed by atoms with Crippen LogP contribution in [0.1, 0.15) is 38.9 Å². The zero-order valence-electron chi connectivity index (χ0n) is 17.2. The lowest BCUT2D eigenvalue weighted by atomic mass is 9.97. The summed E-state index contributed by atoms with van der Waals surface area (Å²) < 4.78 is 11.4. The predicted octanol–water partition coefficient (Wildman–Crippen LogP) is 4.25. The Morgan fingerprint density at radius 1 is 1.10 bits per heavy atom. The Hall–Kier alpha value is -3.93. The van der Waals surface area contributed by atoms with Gasteiger partial charge in [-0.05, 0) is 48.4 Å². The monoisotopic (exact) mass is 412 g/mol. The minimum Gasteiger partial charge on any atom is -0.497 e. The molecule has 1 aliphatic rings. The minimum absolute atomic E-state index is 0.0954. The van der Waals surface area contributed by atoms with E-state index in [4.69, 9.17) is 9.15 Å². The van der Waals surface area contributed by atoms with Crippen molar-refractivity contribution >= 4 is 16.9 Å². The van der Waals surface area contributed by atoms with Gasteiger partial charge in [-0.3, -0.25) is 14.6 Å². The summed E-state index contributed by atoms with van der Waals surface area (Å²) in [6.45, 7) is 2.22. The molecule has 1 aliphatic heterocycles. The Morgan fingerprint density at radius 2 is 1.97 bits per heavy atom. The molecule has 0 bridgehead atoms. The SMILES string of the molecule is COc1cccc([C@@H]2c3c(oc4ccc(C)cc4c3=O)C(=O)N2Cc2cccnc2)c1. The molecule has 3 heterocycles. The summed E-state index contributed by atoms with van der Waals surface area (Å²) in [4.78, 5) is 32.8. The molecule has 0 N–H and O–H groups in total. The molecule has 6 nitrogen and oxygen atoms in total. The van der Waals surface area contributed by atoms with E-state index in [-0.39, 0.29) is 17.1 Å². The van der Waals surface area contributed by atoms with Crippen molar-refractivity contribution in [1.82, 2.24) is 9.88 Å². The highest BCUT2D eigenvalue weighted by Crippen LogP contribution is 2.39. The number of rotatable bonds is 4. The number of methoxy groups -OCH3 is 1. The Morgan fingerprint density at radius 3 is 2.74 bits per heavy atom. The van der Waals surface area contributed by atoms with Crippen LogP contribution in [0.5, 0.6) is 5.75 Å². The summed E-state index contributed by atoms with van der Waals surface area (Å²) in [6, 6.07) is 16.0. The third-order valence-electron chi connectivity index (χ3n) is 5.61. The zero-order chi connectivity index (χ0) is 21.5. The van der Waals surface area contributed by atoms with Crippen LogP contribution in [0.4, 0.5) is 0 Å². The van der Waals surface area contributed by atoms with Crippen LogP contribution < -0.4 is 10.2 Å². The number of pyridine rings is 1. The first-order chi connectivity index (χ1) is 15.1. The van der Waals surface area contributed by atoms with E-state index in [0.717, 1.165) is 16.7 Å². The van der Waals surface area contributed by atoms with Gasteiger partial charge in [0.05, 0.1) is 24.1 Å². The van der Waals surface area contributed by atoms with Gasteiger partial charge < -0.3 is 14.1 Å². The summed E-state index contributed by atoms with van der Waals surface area (Å²) in [7, 11) is 1.59. The third kappa shape index (κ3) is 3.17. The normalized spacial score (nSPS) is 15.4. The second-order valence-electron chi connectivity index (χ2n) is 7.65. The van der Waals surface area contributed by atoms with E-state index in [1.807, 2.05) is 49.4 Å². The third-order valence-corrected chi connectivity index (χ3v) is 5.61. The van der Waals surface area contributed by atoms with Gasteiger partial charge in [0.2, 0.25) is 5.76 Å². The van der Waals surface area contributed by atoms with Gasteiger partial charge in [-0.15, -0.1) is 0 Å². The first kappa shape index (κ1) is 19.1. The maximum Gasteiger partial charge on any atom is 0.291 e. The summed E-state index contributed by atoms with van der Waals surface area (Å²) in [5, 5.41) is 0.475. The number of aromatic nitrogens is 1. The number of aryl methyl sites for hydroxylation is 1. The standard InChI is InChI=1S/C25H20N2O4/c1-15-8-9-20-19(11-15)23(28)21-22(17-6-3-7-18(12-17)30-2)27(25(29)24(21)31-20)14-16-5-4-10-26-13-16/h3-13,22H,14H2,1-2H3/t22-/m1/s1. The number of fused-ring (bicyclic) bond motifs is 2. The highest BCUT2D eigenvalue weighted by molar-refractivity contribution is 5.99. The topological polar surface area (TPSA) is 72.6 Å². The molecular formula is C25H20N2O4. The molecule has 1 atom stereocenters. The number of carbonyl (C=O) groups excluding carboxylic acids is 1. The lowest BCUT2D eigenvalue weighted by Crippen LogP contribution is -2.29. The summed E-state index contributed by atoms with van der Waals surface area (Å²) in [6.07, 6.45) is 3.40. The summed E-state index contributed by atoms with van der Waals surface area (Å²) in [5.41, 5.74) is 3.19. The van der Waals surface area contributed by atoms with Gasteiger partial charge in [0.15, 0.2) is 5.43 Å². The number of hydrogen-bond acceptors (Lipinski definition) is 5. The van der Waals surface area contributed by atoms with Crippen molar-refractivity contribution in [3.8, 4) is 5.75 Å². The molecule has 1 amide bonds. The van der Waals surface area contributed by atoms with Crippen molar-refractivity contribution in [3.05, 3.63) is 105 Å². The van der Waals surface area contributed by atoms with Gasteiger partial charge >= 0.3 is 0 Å². The molecule has 5 rings (SSSR count). The Balaban J connectivity index is 1.75. The van der Waals surface area contributed by atoms with E-state index in [1.54, 1.807) is 36.5 Å². The van der Waals surface area contributed by atoms with Gasteiger partial charge in [-0.25, -0.2) is 0 Å². The maximum atomic E-state index is 13.6. The second-order valence-corrected chi connectivity index (χ2v) is 7.65. The highest BCUT2D eigenvalue weighted by Gasteiger charge is 2.42. The van der Waals surface area contributed by atoms with Crippen LogP contribution in [0.25, 0.3) is 11.0 Å². The molecule has 0 saturated heterocycles. The van der Waals surface area contributed by atoms with Gasteiger partial charge in [-0.1, -0.05) is 29.8 Å². The highest BCUT2D eigenvalue weighted by atomic mass is 16.5. The molecule has 2 aromatic heterocycles. The maximum absolute atomic E-state index is 13.6. The fourth-order valence-corrected chi connectivity index (χ4v) is 4.14. The van der Waals surface area contributed by atoms with Crippen molar-refractivity contribution in [3.63, 3.8) is 0 Å². The number of carbonyl (C=O) groups is 1. The van der Waals surface area contributed by atoms with Crippen molar-refractivity contribution in [2.45, 2.75) is 19.5 Å². The first-order valence-corrected chi connectivity index (χ1v) is 9.98. The van der Waals surface area contributed by atoms with Crippen LogP contribution >= 0.6 is 0 Å². The van der Waals surface area contributed by atoms with Crippen LogP contribution in [0.2, 0.25) is 0 Å². The molecule has 4 aromatic rings. The predicted molar refractivity (Wildman–Crippen MR) is 116 cm³/mol. The largest absolute Gasteiger partial charge is 0.497 e. The van der Waals surface area contributed by atoms with Crippen LogP contribution in [-0.2, 0) is 6.54 Å². The molecule has 2 aromatic carbocycles. The van der Waals surface area contributed by atoms with Crippen LogP contribution in [0.3, 0.4) is 0 Å². The van der Waals surface area contributed by atoms with Crippen molar-refractivity contribution in [2.75, 3.05) is 7.11 Å². The van der Waals surface area contributed by atoms with E-state index < -0.39 is 6.04 Å². The Bertz CT molecular complexity index is 1360. The van der Waals surface area contributed by atoms with Gasteiger partial charge in [0.1, 0.15) is 11.3 Å². The minimum atomic E-state index is -0.584. The van der Waals surface area contributed by atoms with Crippen LogP contribution in [0.15, 0.2) is 76.2 Å². The van der Waals surface area contributed by atoms with E-state index >= 15 is 0 Å². The van der Waals surface area contributed by atoms with Gasteiger partial charge in [0, 0.05) is 18.9 Å². The molecule has 0 aliphatic carbocycles. The quantitative estimate of drug-likeness (QED) is 0.501. The number of benzene rings is 2. The van der Waals surface area contributed by atoms with Gasteiger partial charge in [-0.2, -0.15) is 0 Å². The van der Waals surface area contributed by atoms with E-state index in [0.29, 0.717) is 28.8 Å². The number of nitrogens with zero attached hydrogens (tertiary/aromatic N) is 2. The van der Waals surface area contributed by atoms with Crippen LogP contribution in [-0.4, -0.2) is 22.9 Å². The van der Waals surface area contributed by atoms with E-state index in [9.17, 15) is 9.59 Å². The Kier molecular flexibility index (Phi) is 4.55. The number of hydrogen-bond donors (Lipinski definition) is 0. The smallest absolute Gasteiger partial charge is 0.291 e. The lowest BCUT2D eigenvalue weighted by Gasteiger charge is -2.25. The molecule has 6 heteroatoms. The zero-order valence-corrected chi connectivity index (χ0v) is 17.2. The summed E-state index contributed by atoms with van der Waals surface area (Å²) in [5.74, 6) is 0.435. The van der Waals surface area contributed by atoms with Crippen molar-refractivity contribution in [2.24, 2.45) is 0 Å².